The van der Waals surface area contributed by atoms with Crippen molar-refractivity contribution in [2.45, 2.75) is 71.6 Å². The molecule has 14 heavy (non-hydrogen) atoms. The van der Waals surface area contributed by atoms with Gasteiger partial charge in [-0.1, -0.05) is 52.4 Å². The van der Waals surface area contributed by atoms with Gasteiger partial charge in [-0.2, -0.15) is 0 Å². The molecule has 0 aliphatic carbocycles. The smallest absolute Gasteiger partial charge is 0.0114 e. The minimum atomic E-state index is 0.803. The summed E-state index contributed by atoms with van der Waals surface area (Å²) in [6.07, 6.45) is 17.2. The van der Waals surface area contributed by atoms with Crippen molar-refractivity contribution in [3.8, 4) is 12.3 Å². The van der Waals surface area contributed by atoms with Gasteiger partial charge in [0.15, 0.2) is 0 Å². The summed E-state index contributed by atoms with van der Waals surface area (Å²) in [6.45, 7) is 4.51. The number of hydrogen-bond acceptors (Lipinski definition) is 0. The molecule has 0 heteroatoms. The molecule has 0 spiro atoms. The van der Waals surface area contributed by atoms with Crippen molar-refractivity contribution in [3.05, 3.63) is 0 Å². The largest absolute Gasteiger partial charge is 0.120 e. The van der Waals surface area contributed by atoms with E-state index in [2.05, 4.69) is 19.8 Å². The molecule has 0 aromatic rings. The first-order valence-electron chi connectivity index (χ1n) is 6.28. The molecule has 0 heterocycles. The molecule has 0 aliphatic heterocycles. The van der Waals surface area contributed by atoms with Crippen LogP contribution in [0.1, 0.15) is 71.6 Å². The Balaban J connectivity index is 3.47. The van der Waals surface area contributed by atoms with Gasteiger partial charge in [-0.05, 0) is 18.8 Å². The molecular formula is C14H26. The van der Waals surface area contributed by atoms with E-state index >= 15 is 0 Å². The van der Waals surface area contributed by atoms with Gasteiger partial charge in [0, 0.05) is 6.42 Å². The highest BCUT2D eigenvalue weighted by Crippen LogP contribution is 2.19. The second-order valence-corrected chi connectivity index (χ2v) is 4.27. The van der Waals surface area contributed by atoms with Crippen LogP contribution >= 0.6 is 0 Å². The normalized spacial score (nSPS) is 12.4. The van der Waals surface area contributed by atoms with Gasteiger partial charge in [0.2, 0.25) is 0 Å². The van der Waals surface area contributed by atoms with Gasteiger partial charge in [-0.3, -0.25) is 0 Å². The summed E-state index contributed by atoms with van der Waals surface area (Å²) < 4.78 is 0. The van der Waals surface area contributed by atoms with Gasteiger partial charge >= 0.3 is 0 Å². The Bertz CT molecular complexity index is 141. The molecule has 0 aliphatic rings. The highest BCUT2D eigenvalue weighted by atomic mass is 14.1. The molecule has 0 saturated heterocycles. The predicted molar refractivity (Wildman–Crippen MR) is 65.2 cm³/mol. The monoisotopic (exact) mass is 194 g/mol. The van der Waals surface area contributed by atoms with Gasteiger partial charge in [0.05, 0.1) is 0 Å². The fourth-order valence-corrected chi connectivity index (χ4v) is 1.87. The van der Waals surface area contributed by atoms with Crippen molar-refractivity contribution in [1.29, 1.82) is 0 Å². The number of terminal acetylenes is 1. The maximum absolute atomic E-state index is 5.38. The molecule has 0 saturated carbocycles. The standard InChI is InChI=1S/C14H26/c1-4-7-9-10-13-14(11-6-3)12-8-5-2/h3,14H,4-5,7-13H2,1-2H3. The van der Waals surface area contributed by atoms with Crippen molar-refractivity contribution < 1.29 is 0 Å². The minimum absolute atomic E-state index is 0.803. The van der Waals surface area contributed by atoms with Crippen LogP contribution in [0.2, 0.25) is 0 Å². The molecule has 0 bridgehead atoms. The summed E-state index contributed by atoms with van der Waals surface area (Å²) in [6, 6.07) is 0. The topological polar surface area (TPSA) is 0 Å². The van der Waals surface area contributed by atoms with E-state index in [0.717, 1.165) is 12.3 Å². The molecule has 1 atom stereocenters. The van der Waals surface area contributed by atoms with Gasteiger partial charge < -0.3 is 0 Å². The molecule has 0 amide bonds. The Labute approximate surface area is 90.5 Å². The molecule has 1 unspecified atom stereocenters. The first kappa shape index (κ1) is 13.6. The fraction of sp³-hybridized carbons (Fsp3) is 0.857. The van der Waals surface area contributed by atoms with Crippen LogP contribution in [0.3, 0.4) is 0 Å². The van der Waals surface area contributed by atoms with Crippen molar-refractivity contribution in [3.63, 3.8) is 0 Å². The van der Waals surface area contributed by atoms with Crippen LogP contribution in [0.25, 0.3) is 0 Å². The zero-order valence-corrected chi connectivity index (χ0v) is 10.0. The maximum atomic E-state index is 5.38. The van der Waals surface area contributed by atoms with E-state index < -0.39 is 0 Å². The number of hydrogen-bond donors (Lipinski definition) is 0. The second-order valence-electron chi connectivity index (χ2n) is 4.27. The first-order chi connectivity index (χ1) is 6.85. The minimum Gasteiger partial charge on any atom is -0.120 e. The fourth-order valence-electron chi connectivity index (χ4n) is 1.87. The molecule has 0 fully saturated rings. The van der Waals surface area contributed by atoms with E-state index in [1.165, 1.54) is 51.4 Å². The summed E-state index contributed by atoms with van der Waals surface area (Å²) in [4.78, 5) is 0. The van der Waals surface area contributed by atoms with Crippen molar-refractivity contribution in [2.24, 2.45) is 5.92 Å². The van der Waals surface area contributed by atoms with E-state index in [1.807, 2.05) is 0 Å². The van der Waals surface area contributed by atoms with Crippen LogP contribution in [0, 0.1) is 18.3 Å². The van der Waals surface area contributed by atoms with Crippen LogP contribution in [0.15, 0.2) is 0 Å². The Hall–Kier alpha value is -0.440. The van der Waals surface area contributed by atoms with E-state index in [1.54, 1.807) is 0 Å². The predicted octanol–water partition coefficient (Wildman–Crippen LogP) is 4.79. The number of unbranched alkanes of at least 4 members (excludes halogenated alkanes) is 4. The molecule has 0 aromatic heterocycles. The van der Waals surface area contributed by atoms with Crippen LogP contribution in [-0.4, -0.2) is 0 Å². The van der Waals surface area contributed by atoms with E-state index in [9.17, 15) is 0 Å². The molecule has 82 valence electrons. The lowest BCUT2D eigenvalue weighted by molar-refractivity contribution is 0.420. The maximum Gasteiger partial charge on any atom is 0.0114 e. The molecular weight excluding hydrogens is 168 g/mol. The number of rotatable bonds is 9. The van der Waals surface area contributed by atoms with Gasteiger partial charge in [0.1, 0.15) is 0 Å². The van der Waals surface area contributed by atoms with Crippen LogP contribution in [-0.2, 0) is 0 Å². The third-order valence-corrected chi connectivity index (χ3v) is 2.84. The van der Waals surface area contributed by atoms with Crippen LogP contribution < -0.4 is 0 Å². The third kappa shape index (κ3) is 8.17. The zero-order chi connectivity index (χ0) is 10.6. The lowest BCUT2D eigenvalue weighted by Crippen LogP contribution is -1.99. The third-order valence-electron chi connectivity index (χ3n) is 2.84. The van der Waals surface area contributed by atoms with Gasteiger partial charge in [0.25, 0.3) is 0 Å². The van der Waals surface area contributed by atoms with Gasteiger partial charge in [-0.25, -0.2) is 0 Å². The SMILES string of the molecule is C#CCC(CCCC)CCCCCC. The van der Waals surface area contributed by atoms with Crippen molar-refractivity contribution in [1.82, 2.24) is 0 Å². The van der Waals surface area contributed by atoms with Crippen molar-refractivity contribution in [2.75, 3.05) is 0 Å². The highest BCUT2D eigenvalue weighted by Gasteiger charge is 2.05. The molecule has 0 nitrogen and oxygen atoms in total. The Morgan fingerprint density at radius 3 is 2.14 bits per heavy atom. The summed E-state index contributed by atoms with van der Waals surface area (Å²) >= 11 is 0. The highest BCUT2D eigenvalue weighted by molar-refractivity contribution is 4.86. The lowest BCUT2D eigenvalue weighted by Gasteiger charge is -2.13. The second kappa shape index (κ2) is 10.6. The molecule has 0 radical (unpaired) electrons. The average Bonchev–Trinajstić information content (AvgIpc) is 2.20. The summed E-state index contributed by atoms with van der Waals surface area (Å²) in [7, 11) is 0. The molecule has 0 rings (SSSR count). The van der Waals surface area contributed by atoms with Gasteiger partial charge in [-0.15, -0.1) is 12.3 Å². The Morgan fingerprint density at radius 2 is 1.57 bits per heavy atom. The quantitative estimate of drug-likeness (QED) is 0.366. The van der Waals surface area contributed by atoms with E-state index in [4.69, 9.17) is 6.42 Å². The Morgan fingerprint density at radius 1 is 0.929 bits per heavy atom. The van der Waals surface area contributed by atoms with Crippen molar-refractivity contribution >= 4 is 0 Å². The molecule has 0 N–H and O–H groups in total. The Kier molecular flexibility index (Phi) is 10.3. The van der Waals surface area contributed by atoms with E-state index in [-0.39, 0.29) is 0 Å². The average molecular weight is 194 g/mol. The lowest BCUT2D eigenvalue weighted by atomic mass is 9.93. The summed E-state index contributed by atoms with van der Waals surface area (Å²) in [5.41, 5.74) is 0. The zero-order valence-electron chi connectivity index (χ0n) is 10.0. The molecule has 0 aromatic carbocycles. The summed E-state index contributed by atoms with van der Waals surface area (Å²) in [5.74, 6) is 3.62. The van der Waals surface area contributed by atoms with Crippen LogP contribution in [0.5, 0.6) is 0 Å². The first-order valence-corrected chi connectivity index (χ1v) is 6.28. The van der Waals surface area contributed by atoms with E-state index in [0.29, 0.717) is 0 Å². The summed E-state index contributed by atoms with van der Waals surface area (Å²) in [5, 5.41) is 0. The van der Waals surface area contributed by atoms with Crippen LogP contribution in [0.4, 0.5) is 0 Å².